The number of hydrogen-bond acceptors (Lipinski definition) is 5. The van der Waals surface area contributed by atoms with Crippen molar-refractivity contribution in [1.29, 1.82) is 0 Å². The van der Waals surface area contributed by atoms with Gasteiger partial charge in [-0.3, -0.25) is 4.79 Å². The van der Waals surface area contributed by atoms with E-state index in [9.17, 15) is 9.59 Å². The molecule has 20 heavy (non-hydrogen) atoms. The summed E-state index contributed by atoms with van der Waals surface area (Å²) in [4.78, 5) is 24.6. The van der Waals surface area contributed by atoms with Gasteiger partial charge in [0.1, 0.15) is 12.4 Å². The zero-order chi connectivity index (χ0) is 14.7. The predicted octanol–water partition coefficient (Wildman–Crippen LogP) is 1.03. The molecule has 0 saturated carbocycles. The van der Waals surface area contributed by atoms with Crippen LogP contribution in [0.1, 0.15) is 32.7 Å². The van der Waals surface area contributed by atoms with Crippen molar-refractivity contribution in [2.45, 2.75) is 43.9 Å². The maximum absolute atomic E-state index is 12.1. The average Bonchev–Trinajstić information content (AvgIpc) is 3.04. The molecule has 1 saturated heterocycles. The van der Waals surface area contributed by atoms with Gasteiger partial charge in [0.05, 0.1) is 5.75 Å². The lowest BCUT2D eigenvalue weighted by Gasteiger charge is -2.21. The molecule has 1 aliphatic rings. The number of nitrogens with zero attached hydrogens (tertiary/aromatic N) is 4. The number of likely N-dealkylation sites (tertiary alicyclic amines) is 1. The van der Waals surface area contributed by atoms with E-state index in [0.717, 1.165) is 6.42 Å². The topological polar surface area (TPSA) is 88.3 Å². The minimum atomic E-state index is -0.925. The van der Waals surface area contributed by atoms with Gasteiger partial charge in [-0.25, -0.2) is 4.79 Å². The molecule has 0 aromatic carbocycles. The van der Waals surface area contributed by atoms with Crippen LogP contribution in [0.15, 0.2) is 11.5 Å². The molecule has 8 heteroatoms. The Kier molecular flexibility index (Phi) is 4.64. The minimum absolute atomic E-state index is 0.154. The Balaban J connectivity index is 1.95. The fourth-order valence-corrected chi connectivity index (χ4v) is 3.15. The van der Waals surface area contributed by atoms with Crippen molar-refractivity contribution in [3.05, 3.63) is 6.33 Å². The Labute approximate surface area is 121 Å². The number of aromatic nitrogens is 3. The third-order valence-electron chi connectivity index (χ3n) is 3.28. The molecule has 0 spiro atoms. The van der Waals surface area contributed by atoms with E-state index in [4.69, 9.17) is 5.11 Å². The fraction of sp³-hybridized carbons (Fsp3) is 0.667. The number of carbonyl (C=O) groups is 2. The van der Waals surface area contributed by atoms with Crippen LogP contribution in [0, 0.1) is 0 Å². The Morgan fingerprint density at radius 1 is 1.55 bits per heavy atom. The lowest BCUT2D eigenvalue weighted by atomic mass is 10.2. The molecule has 1 aromatic heterocycles. The van der Waals surface area contributed by atoms with Crippen molar-refractivity contribution in [3.63, 3.8) is 0 Å². The van der Waals surface area contributed by atoms with E-state index in [-0.39, 0.29) is 17.7 Å². The first kappa shape index (κ1) is 14.8. The SMILES string of the molecule is CC(C)n1cnnc1SCC(=O)N1CCC[C@H]1C(=O)O. The minimum Gasteiger partial charge on any atom is -0.480 e. The summed E-state index contributed by atoms with van der Waals surface area (Å²) < 4.78 is 1.89. The molecule has 1 N–H and O–H groups in total. The van der Waals surface area contributed by atoms with E-state index in [2.05, 4.69) is 10.2 Å². The fourth-order valence-electron chi connectivity index (χ4n) is 2.22. The second-order valence-electron chi connectivity index (χ2n) is 4.99. The summed E-state index contributed by atoms with van der Waals surface area (Å²) in [6, 6.07) is -0.452. The predicted molar refractivity (Wildman–Crippen MR) is 73.5 cm³/mol. The van der Waals surface area contributed by atoms with Crippen molar-refractivity contribution < 1.29 is 14.7 Å². The van der Waals surface area contributed by atoms with Crippen LogP contribution in [0.3, 0.4) is 0 Å². The molecular weight excluding hydrogens is 280 g/mol. The summed E-state index contributed by atoms with van der Waals surface area (Å²) in [5, 5.41) is 17.6. The molecule has 1 atom stereocenters. The van der Waals surface area contributed by atoms with Crippen LogP contribution < -0.4 is 0 Å². The van der Waals surface area contributed by atoms with Crippen LogP contribution in [0.5, 0.6) is 0 Å². The van der Waals surface area contributed by atoms with Crippen LogP contribution in [-0.4, -0.2) is 55.0 Å². The van der Waals surface area contributed by atoms with E-state index in [1.165, 1.54) is 16.7 Å². The first-order valence-electron chi connectivity index (χ1n) is 6.55. The Morgan fingerprint density at radius 3 is 2.95 bits per heavy atom. The van der Waals surface area contributed by atoms with E-state index < -0.39 is 12.0 Å². The highest BCUT2D eigenvalue weighted by molar-refractivity contribution is 7.99. The van der Waals surface area contributed by atoms with Crippen molar-refractivity contribution in [3.8, 4) is 0 Å². The summed E-state index contributed by atoms with van der Waals surface area (Å²) in [6.07, 6.45) is 2.91. The summed E-state index contributed by atoms with van der Waals surface area (Å²) >= 11 is 1.30. The second kappa shape index (κ2) is 6.25. The molecule has 7 nitrogen and oxygen atoms in total. The molecule has 2 rings (SSSR count). The number of carboxylic acid groups (broad SMARTS) is 1. The maximum Gasteiger partial charge on any atom is 0.326 e. The van der Waals surface area contributed by atoms with Gasteiger partial charge in [0.15, 0.2) is 5.16 Å². The van der Waals surface area contributed by atoms with Gasteiger partial charge >= 0.3 is 5.97 Å². The third kappa shape index (κ3) is 3.12. The molecule has 110 valence electrons. The van der Waals surface area contributed by atoms with Gasteiger partial charge in [0.2, 0.25) is 5.91 Å². The molecule has 1 aromatic rings. The Hall–Kier alpha value is -1.57. The molecule has 1 fully saturated rings. The summed E-state index contributed by atoms with van der Waals surface area (Å²) in [5.41, 5.74) is 0. The van der Waals surface area contributed by atoms with Crippen LogP contribution in [0.4, 0.5) is 0 Å². The van der Waals surface area contributed by atoms with Crippen LogP contribution in [0.25, 0.3) is 0 Å². The number of amides is 1. The van der Waals surface area contributed by atoms with Gasteiger partial charge in [-0.05, 0) is 26.7 Å². The van der Waals surface area contributed by atoms with Gasteiger partial charge < -0.3 is 14.6 Å². The lowest BCUT2D eigenvalue weighted by Crippen LogP contribution is -2.41. The summed E-state index contributed by atoms with van der Waals surface area (Å²) in [6.45, 7) is 4.54. The lowest BCUT2D eigenvalue weighted by molar-refractivity contribution is -0.147. The molecule has 0 aliphatic carbocycles. The molecule has 0 unspecified atom stereocenters. The smallest absolute Gasteiger partial charge is 0.326 e. The third-order valence-corrected chi connectivity index (χ3v) is 4.22. The quantitative estimate of drug-likeness (QED) is 0.817. The molecular formula is C12H18N4O3S. The van der Waals surface area contributed by atoms with Crippen molar-refractivity contribution >= 4 is 23.6 Å². The Bertz CT molecular complexity index is 503. The number of rotatable bonds is 5. The Morgan fingerprint density at radius 2 is 2.30 bits per heavy atom. The molecule has 0 bridgehead atoms. The first-order valence-corrected chi connectivity index (χ1v) is 7.54. The van der Waals surface area contributed by atoms with Gasteiger partial charge in [0.25, 0.3) is 0 Å². The van der Waals surface area contributed by atoms with E-state index in [0.29, 0.717) is 18.1 Å². The van der Waals surface area contributed by atoms with Crippen molar-refractivity contribution in [1.82, 2.24) is 19.7 Å². The highest BCUT2D eigenvalue weighted by Crippen LogP contribution is 2.22. The van der Waals surface area contributed by atoms with Crippen LogP contribution in [-0.2, 0) is 9.59 Å². The standard InChI is InChI=1S/C12H18N4O3S/c1-8(2)16-7-13-14-12(16)20-6-10(17)15-5-3-4-9(15)11(18)19/h7-9H,3-6H2,1-2H3,(H,18,19)/t9-/m0/s1. The second-order valence-corrected chi connectivity index (χ2v) is 5.93. The largest absolute Gasteiger partial charge is 0.480 e. The van der Waals surface area contributed by atoms with Gasteiger partial charge in [0, 0.05) is 12.6 Å². The number of thioether (sulfide) groups is 1. The zero-order valence-corrected chi connectivity index (χ0v) is 12.3. The van der Waals surface area contributed by atoms with Crippen molar-refractivity contribution in [2.24, 2.45) is 0 Å². The highest BCUT2D eigenvalue weighted by atomic mass is 32.2. The van der Waals surface area contributed by atoms with Crippen LogP contribution >= 0.6 is 11.8 Å². The number of carbonyl (C=O) groups excluding carboxylic acids is 1. The van der Waals surface area contributed by atoms with E-state index in [1.54, 1.807) is 6.33 Å². The molecule has 2 heterocycles. The maximum atomic E-state index is 12.1. The monoisotopic (exact) mass is 298 g/mol. The highest BCUT2D eigenvalue weighted by Gasteiger charge is 2.33. The first-order chi connectivity index (χ1) is 9.50. The average molecular weight is 298 g/mol. The van der Waals surface area contributed by atoms with Gasteiger partial charge in [-0.2, -0.15) is 0 Å². The molecule has 1 amide bonds. The van der Waals surface area contributed by atoms with E-state index >= 15 is 0 Å². The van der Waals surface area contributed by atoms with Crippen LogP contribution in [0.2, 0.25) is 0 Å². The van der Waals surface area contributed by atoms with Gasteiger partial charge in [-0.15, -0.1) is 10.2 Å². The number of carboxylic acids is 1. The van der Waals surface area contributed by atoms with Crippen molar-refractivity contribution in [2.75, 3.05) is 12.3 Å². The summed E-state index contributed by atoms with van der Waals surface area (Å²) in [5.74, 6) is -0.890. The normalized spacial score (nSPS) is 18.8. The van der Waals surface area contributed by atoms with E-state index in [1.807, 2.05) is 18.4 Å². The molecule has 0 radical (unpaired) electrons. The summed E-state index contributed by atoms with van der Waals surface area (Å²) in [7, 11) is 0. The number of aliphatic carboxylic acids is 1. The molecule has 1 aliphatic heterocycles. The zero-order valence-electron chi connectivity index (χ0n) is 11.5. The van der Waals surface area contributed by atoms with Gasteiger partial charge in [-0.1, -0.05) is 11.8 Å². The number of hydrogen-bond donors (Lipinski definition) is 1.